The van der Waals surface area contributed by atoms with Crippen LogP contribution in [-0.4, -0.2) is 30.2 Å². The fraction of sp³-hybridized carbons (Fsp3) is 0.300. The molecule has 1 aliphatic heterocycles. The molecular weight excluding hydrogens is 330 g/mol. The summed E-state index contributed by atoms with van der Waals surface area (Å²) < 4.78 is 5.22. The molecule has 25 heavy (non-hydrogen) atoms. The summed E-state index contributed by atoms with van der Waals surface area (Å²) in [5, 5.41) is 3.14. The van der Waals surface area contributed by atoms with Crippen LogP contribution in [0.15, 0.2) is 48.0 Å². The highest BCUT2D eigenvalue weighted by molar-refractivity contribution is 7.13. The van der Waals surface area contributed by atoms with E-state index in [2.05, 4.69) is 21.3 Å². The maximum Gasteiger partial charge on any atom is 0.129 e. The van der Waals surface area contributed by atoms with Crippen molar-refractivity contribution in [3.05, 3.63) is 48.0 Å². The van der Waals surface area contributed by atoms with Crippen LogP contribution < -0.4 is 9.64 Å². The van der Waals surface area contributed by atoms with Crippen LogP contribution in [-0.2, 0) is 0 Å². The van der Waals surface area contributed by atoms with Crippen LogP contribution in [0.4, 0.5) is 5.82 Å². The second-order valence-corrected chi connectivity index (χ2v) is 7.07. The molecule has 0 saturated carbocycles. The minimum atomic E-state index is 0.861. The largest absolute Gasteiger partial charge is 0.497 e. The van der Waals surface area contributed by atoms with E-state index in [1.54, 1.807) is 18.4 Å². The maximum absolute atomic E-state index is 5.22. The first kappa shape index (κ1) is 16.1. The van der Waals surface area contributed by atoms with Gasteiger partial charge in [0.15, 0.2) is 0 Å². The zero-order valence-electron chi connectivity index (χ0n) is 14.3. The highest BCUT2D eigenvalue weighted by atomic mass is 32.1. The number of aromatic nitrogens is 2. The SMILES string of the molecule is COc1ccc(-c2csc(-c3ccnc(N4CCCCC4)c3)n2)cc1. The Kier molecular flexibility index (Phi) is 4.65. The number of hydrogen-bond donors (Lipinski definition) is 0. The lowest BCUT2D eigenvalue weighted by Gasteiger charge is -2.27. The molecule has 3 aromatic rings. The summed E-state index contributed by atoms with van der Waals surface area (Å²) in [6.45, 7) is 2.21. The van der Waals surface area contributed by atoms with Gasteiger partial charge in [0.2, 0.25) is 0 Å². The second kappa shape index (κ2) is 7.23. The summed E-state index contributed by atoms with van der Waals surface area (Å²) in [5.74, 6) is 1.93. The van der Waals surface area contributed by atoms with Gasteiger partial charge in [-0.25, -0.2) is 9.97 Å². The van der Waals surface area contributed by atoms with Crippen LogP contribution in [0.1, 0.15) is 19.3 Å². The molecule has 128 valence electrons. The maximum atomic E-state index is 5.22. The summed E-state index contributed by atoms with van der Waals surface area (Å²) >= 11 is 1.67. The second-order valence-electron chi connectivity index (χ2n) is 6.22. The van der Waals surface area contributed by atoms with Crippen molar-refractivity contribution in [2.24, 2.45) is 0 Å². The molecule has 0 bridgehead atoms. The van der Waals surface area contributed by atoms with Crippen molar-refractivity contribution in [2.45, 2.75) is 19.3 Å². The number of anilines is 1. The monoisotopic (exact) mass is 351 g/mol. The molecule has 0 aliphatic carbocycles. The van der Waals surface area contributed by atoms with Gasteiger partial charge in [0.25, 0.3) is 0 Å². The van der Waals surface area contributed by atoms with Gasteiger partial charge in [-0.05, 0) is 55.7 Å². The van der Waals surface area contributed by atoms with Gasteiger partial charge < -0.3 is 9.64 Å². The number of piperidine rings is 1. The Labute approximate surface area is 152 Å². The van der Waals surface area contributed by atoms with Crippen molar-refractivity contribution in [1.29, 1.82) is 0 Å². The van der Waals surface area contributed by atoms with Crippen molar-refractivity contribution in [3.8, 4) is 27.6 Å². The molecule has 2 aromatic heterocycles. The molecule has 4 rings (SSSR count). The van der Waals surface area contributed by atoms with Crippen LogP contribution in [0.25, 0.3) is 21.8 Å². The minimum Gasteiger partial charge on any atom is -0.497 e. The predicted molar refractivity (Wildman–Crippen MR) is 103 cm³/mol. The van der Waals surface area contributed by atoms with Crippen LogP contribution in [0, 0.1) is 0 Å². The number of methoxy groups -OCH3 is 1. The Morgan fingerprint density at radius 1 is 1.00 bits per heavy atom. The summed E-state index contributed by atoms with van der Waals surface area (Å²) in [6, 6.07) is 12.2. The Bertz CT molecular complexity index is 838. The van der Waals surface area contributed by atoms with Gasteiger partial charge in [-0.2, -0.15) is 0 Å². The number of nitrogens with zero attached hydrogens (tertiary/aromatic N) is 3. The van der Waals surface area contributed by atoms with E-state index in [9.17, 15) is 0 Å². The number of ether oxygens (including phenoxy) is 1. The number of hydrogen-bond acceptors (Lipinski definition) is 5. The third kappa shape index (κ3) is 3.51. The number of benzene rings is 1. The minimum absolute atomic E-state index is 0.861. The Hall–Kier alpha value is -2.40. The fourth-order valence-electron chi connectivity index (χ4n) is 3.15. The van der Waals surface area contributed by atoms with Crippen LogP contribution in [0.2, 0.25) is 0 Å². The van der Waals surface area contributed by atoms with E-state index in [4.69, 9.17) is 9.72 Å². The van der Waals surface area contributed by atoms with E-state index in [-0.39, 0.29) is 0 Å². The van der Waals surface area contributed by atoms with Crippen molar-refractivity contribution in [2.75, 3.05) is 25.1 Å². The molecule has 0 unspecified atom stereocenters. The quantitative estimate of drug-likeness (QED) is 0.672. The zero-order chi connectivity index (χ0) is 17.1. The van der Waals surface area contributed by atoms with Gasteiger partial charge >= 0.3 is 0 Å². The molecule has 5 heteroatoms. The van der Waals surface area contributed by atoms with Crippen molar-refractivity contribution in [3.63, 3.8) is 0 Å². The highest BCUT2D eigenvalue weighted by Gasteiger charge is 2.14. The first-order valence-corrected chi connectivity index (χ1v) is 9.53. The molecule has 0 atom stereocenters. The summed E-state index contributed by atoms with van der Waals surface area (Å²) in [5.41, 5.74) is 3.24. The number of thiazole rings is 1. The smallest absolute Gasteiger partial charge is 0.129 e. The number of rotatable bonds is 4. The molecule has 0 spiro atoms. The van der Waals surface area contributed by atoms with Gasteiger partial charge in [0.1, 0.15) is 16.6 Å². The average molecular weight is 351 g/mol. The molecular formula is C20H21N3OS. The first-order valence-electron chi connectivity index (χ1n) is 8.65. The van der Waals surface area contributed by atoms with Crippen molar-refractivity contribution < 1.29 is 4.74 Å². The summed E-state index contributed by atoms with van der Waals surface area (Å²) in [7, 11) is 1.68. The lowest BCUT2D eigenvalue weighted by atomic mass is 10.1. The average Bonchev–Trinajstić information content (AvgIpc) is 3.19. The number of pyridine rings is 1. The molecule has 1 aliphatic rings. The van der Waals surface area contributed by atoms with E-state index >= 15 is 0 Å². The van der Waals surface area contributed by atoms with Gasteiger partial charge in [-0.15, -0.1) is 11.3 Å². The topological polar surface area (TPSA) is 38.2 Å². The fourth-order valence-corrected chi connectivity index (χ4v) is 3.97. The lowest BCUT2D eigenvalue weighted by Crippen LogP contribution is -2.30. The summed E-state index contributed by atoms with van der Waals surface area (Å²) in [6.07, 6.45) is 5.73. The van der Waals surface area contributed by atoms with E-state index in [0.717, 1.165) is 46.5 Å². The van der Waals surface area contributed by atoms with E-state index in [1.165, 1.54) is 19.3 Å². The van der Waals surface area contributed by atoms with Crippen molar-refractivity contribution in [1.82, 2.24) is 9.97 Å². The molecule has 0 amide bonds. The molecule has 1 saturated heterocycles. The van der Waals surface area contributed by atoms with Crippen LogP contribution in [0.5, 0.6) is 5.75 Å². The molecule has 1 fully saturated rings. The van der Waals surface area contributed by atoms with E-state index < -0.39 is 0 Å². The molecule has 4 nitrogen and oxygen atoms in total. The van der Waals surface area contributed by atoms with E-state index in [1.807, 2.05) is 36.5 Å². The molecule has 0 radical (unpaired) electrons. The van der Waals surface area contributed by atoms with Gasteiger partial charge in [-0.3, -0.25) is 0 Å². The highest BCUT2D eigenvalue weighted by Crippen LogP contribution is 2.31. The van der Waals surface area contributed by atoms with E-state index in [0.29, 0.717) is 0 Å². The Morgan fingerprint density at radius 2 is 1.80 bits per heavy atom. The van der Waals surface area contributed by atoms with Gasteiger partial charge in [0, 0.05) is 35.8 Å². The standard InChI is InChI=1S/C20H21N3OS/c1-24-17-7-5-15(6-8-17)18-14-25-20(22-18)16-9-10-21-19(13-16)23-11-3-2-4-12-23/h5-10,13-14H,2-4,11-12H2,1H3. The zero-order valence-corrected chi connectivity index (χ0v) is 15.1. The predicted octanol–water partition coefficient (Wildman–Crippen LogP) is 4.87. The molecule has 3 heterocycles. The van der Waals surface area contributed by atoms with Crippen molar-refractivity contribution >= 4 is 17.2 Å². The van der Waals surface area contributed by atoms with Crippen LogP contribution in [0.3, 0.4) is 0 Å². The third-order valence-electron chi connectivity index (χ3n) is 4.56. The van der Waals surface area contributed by atoms with Crippen LogP contribution >= 0.6 is 11.3 Å². The van der Waals surface area contributed by atoms with Gasteiger partial charge in [0.05, 0.1) is 12.8 Å². The summed E-state index contributed by atoms with van der Waals surface area (Å²) in [4.78, 5) is 11.8. The normalized spacial score (nSPS) is 14.5. The lowest BCUT2D eigenvalue weighted by molar-refractivity contribution is 0.415. The van der Waals surface area contributed by atoms with Gasteiger partial charge in [-0.1, -0.05) is 0 Å². The Morgan fingerprint density at radius 3 is 2.56 bits per heavy atom. The molecule has 1 aromatic carbocycles. The molecule has 0 N–H and O–H groups in total. The first-order chi connectivity index (χ1) is 12.3. The third-order valence-corrected chi connectivity index (χ3v) is 5.45. The Balaban J connectivity index is 1.59.